The van der Waals surface area contributed by atoms with Crippen LogP contribution in [0.3, 0.4) is 0 Å². The summed E-state index contributed by atoms with van der Waals surface area (Å²) in [5.74, 6) is 0.106. The molecule has 2 N–H and O–H groups in total. The van der Waals surface area contributed by atoms with E-state index in [-0.39, 0.29) is 10.8 Å². The number of aliphatic imine (C=N–C) groups is 1. The third-order valence-corrected chi connectivity index (χ3v) is 7.03. The maximum Gasteiger partial charge on any atom is 0.262 e. The summed E-state index contributed by atoms with van der Waals surface area (Å²) < 4.78 is 29.4. The van der Waals surface area contributed by atoms with Gasteiger partial charge in [-0.25, -0.2) is 13.1 Å². The minimum Gasteiger partial charge on any atom is -0.322 e. The van der Waals surface area contributed by atoms with E-state index in [1.807, 2.05) is 13.8 Å². The zero-order chi connectivity index (χ0) is 22.9. The Hall–Kier alpha value is -3.17. The fourth-order valence-corrected chi connectivity index (χ4v) is 4.66. The van der Waals surface area contributed by atoms with E-state index in [1.54, 1.807) is 41.1 Å². The summed E-state index contributed by atoms with van der Waals surface area (Å²) in [5, 5.41) is 7.76. The van der Waals surface area contributed by atoms with E-state index in [4.69, 9.17) is 11.6 Å². The van der Waals surface area contributed by atoms with E-state index in [0.29, 0.717) is 35.1 Å². The molecule has 2 heterocycles. The van der Waals surface area contributed by atoms with Crippen molar-refractivity contribution in [2.75, 3.05) is 11.9 Å². The normalized spacial score (nSPS) is 13.7. The van der Waals surface area contributed by atoms with Crippen LogP contribution < -0.4 is 10.0 Å². The molecule has 1 amide bonds. The summed E-state index contributed by atoms with van der Waals surface area (Å²) in [4.78, 5) is 16.9. The van der Waals surface area contributed by atoms with Gasteiger partial charge in [-0.1, -0.05) is 17.7 Å². The Morgan fingerprint density at radius 1 is 1.12 bits per heavy atom. The lowest BCUT2D eigenvalue weighted by Gasteiger charge is -2.10. The minimum absolute atomic E-state index is 0.0571. The van der Waals surface area contributed by atoms with Crippen molar-refractivity contribution in [1.82, 2.24) is 14.5 Å². The first-order valence-corrected chi connectivity index (χ1v) is 11.9. The van der Waals surface area contributed by atoms with Gasteiger partial charge in [0.05, 0.1) is 27.0 Å². The van der Waals surface area contributed by atoms with Crippen LogP contribution in [-0.4, -0.2) is 36.5 Å². The lowest BCUT2D eigenvalue weighted by Crippen LogP contribution is -2.29. The molecular formula is C22H22ClN5O3S. The van der Waals surface area contributed by atoms with Gasteiger partial charge in [-0.05, 0) is 62.7 Å². The second kappa shape index (κ2) is 8.76. The first kappa shape index (κ1) is 22.0. The maximum atomic E-state index is 12.7. The van der Waals surface area contributed by atoms with E-state index in [0.717, 1.165) is 23.5 Å². The molecule has 0 saturated carbocycles. The van der Waals surface area contributed by atoms with E-state index in [9.17, 15) is 13.2 Å². The van der Waals surface area contributed by atoms with Crippen LogP contribution in [0.15, 0.2) is 58.4 Å². The molecule has 1 aromatic heterocycles. The van der Waals surface area contributed by atoms with Crippen molar-refractivity contribution in [3.63, 3.8) is 0 Å². The average Bonchev–Trinajstić information content (AvgIpc) is 3.37. The first-order valence-electron chi connectivity index (χ1n) is 10.0. The van der Waals surface area contributed by atoms with Crippen LogP contribution in [0.5, 0.6) is 0 Å². The quantitative estimate of drug-likeness (QED) is 0.589. The molecule has 0 saturated heterocycles. The molecule has 10 heteroatoms. The number of nitrogens with one attached hydrogen (secondary N) is 2. The second-order valence-electron chi connectivity index (χ2n) is 7.46. The van der Waals surface area contributed by atoms with Crippen molar-refractivity contribution >= 4 is 39.1 Å². The number of hydrogen-bond acceptors (Lipinski definition) is 5. The number of halogens is 1. The predicted molar refractivity (Wildman–Crippen MR) is 124 cm³/mol. The molecule has 0 fully saturated rings. The SMILES string of the molecule is Cc1nn(-c2ccc(C(=O)Nc3cccc(S(=O)(=O)NC4=NCCC4)c3)cc2)c(C)c1Cl. The van der Waals surface area contributed by atoms with Crippen molar-refractivity contribution in [1.29, 1.82) is 0 Å². The van der Waals surface area contributed by atoms with Crippen molar-refractivity contribution in [2.45, 2.75) is 31.6 Å². The highest BCUT2D eigenvalue weighted by molar-refractivity contribution is 7.90. The molecule has 2 aromatic carbocycles. The maximum absolute atomic E-state index is 12.7. The highest BCUT2D eigenvalue weighted by Gasteiger charge is 2.19. The molecule has 32 heavy (non-hydrogen) atoms. The Labute approximate surface area is 191 Å². The highest BCUT2D eigenvalue weighted by atomic mass is 35.5. The fourth-order valence-electron chi connectivity index (χ4n) is 3.41. The molecule has 1 aliphatic rings. The van der Waals surface area contributed by atoms with Crippen LogP contribution in [0.2, 0.25) is 5.02 Å². The van der Waals surface area contributed by atoms with Gasteiger partial charge in [-0.2, -0.15) is 5.10 Å². The number of amidine groups is 1. The van der Waals surface area contributed by atoms with Crippen LogP contribution in [-0.2, 0) is 10.0 Å². The van der Waals surface area contributed by atoms with Gasteiger partial charge in [0.15, 0.2) is 0 Å². The van der Waals surface area contributed by atoms with Crippen molar-refractivity contribution in [3.8, 4) is 5.69 Å². The number of rotatable bonds is 5. The molecule has 0 bridgehead atoms. The number of aryl methyl sites for hydroxylation is 1. The monoisotopic (exact) mass is 471 g/mol. The summed E-state index contributed by atoms with van der Waals surface area (Å²) in [6.07, 6.45) is 1.44. The smallest absolute Gasteiger partial charge is 0.262 e. The van der Waals surface area contributed by atoms with Gasteiger partial charge in [0.2, 0.25) is 0 Å². The number of anilines is 1. The van der Waals surface area contributed by atoms with E-state index < -0.39 is 10.0 Å². The standard InChI is InChI=1S/C22H22ClN5O3S/c1-14-21(23)15(2)28(26-14)18-10-8-16(9-11-18)22(29)25-17-5-3-6-19(13-17)32(30,31)27-20-7-4-12-24-20/h3,5-6,8-11,13H,4,7,12H2,1-2H3,(H,24,27)(H,25,29). The topological polar surface area (TPSA) is 105 Å². The van der Waals surface area contributed by atoms with Gasteiger partial charge in [0.1, 0.15) is 5.84 Å². The minimum atomic E-state index is -3.76. The second-order valence-corrected chi connectivity index (χ2v) is 9.52. The fraction of sp³-hybridized carbons (Fsp3) is 0.227. The Morgan fingerprint density at radius 3 is 2.50 bits per heavy atom. The Kier molecular flexibility index (Phi) is 6.03. The molecule has 4 rings (SSSR count). The third-order valence-electron chi connectivity index (χ3n) is 5.11. The summed E-state index contributed by atoms with van der Waals surface area (Å²) in [5.41, 5.74) is 3.13. The van der Waals surface area contributed by atoms with Crippen LogP contribution in [0, 0.1) is 13.8 Å². The molecule has 0 spiro atoms. The number of carbonyl (C=O) groups is 1. The number of amides is 1. The van der Waals surface area contributed by atoms with Gasteiger partial charge in [-0.3, -0.25) is 14.5 Å². The number of aromatic nitrogens is 2. The Bertz CT molecular complexity index is 1310. The van der Waals surface area contributed by atoms with Crippen LogP contribution >= 0.6 is 11.6 Å². The van der Waals surface area contributed by atoms with Gasteiger partial charge in [-0.15, -0.1) is 0 Å². The summed E-state index contributed by atoms with van der Waals surface area (Å²) in [7, 11) is -3.76. The van der Waals surface area contributed by atoms with Crippen LogP contribution in [0.25, 0.3) is 5.69 Å². The summed E-state index contributed by atoms with van der Waals surface area (Å²) in [6.45, 7) is 4.33. The van der Waals surface area contributed by atoms with Gasteiger partial charge >= 0.3 is 0 Å². The zero-order valence-electron chi connectivity index (χ0n) is 17.6. The molecule has 3 aromatic rings. The predicted octanol–water partition coefficient (Wildman–Crippen LogP) is 3.87. The summed E-state index contributed by atoms with van der Waals surface area (Å²) >= 11 is 6.21. The molecule has 1 aliphatic heterocycles. The van der Waals surface area contributed by atoms with E-state index >= 15 is 0 Å². The molecule has 0 unspecified atom stereocenters. The number of sulfonamides is 1. The first-order chi connectivity index (χ1) is 15.2. The van der Waals surface area contributed by atoms with Crippen LogP contribution in [0.1, 0.15) is 34.6 Å². The van der Waals surface area contributed by atoms with Gasteiger partial charge in [0.25, 0.3) is 15.9 Å². The van der Waals surface area contributed by atoms with E-state index in [2.05, 4.69) is 20.1 Å². The van der Waals surface area contributed by atoms with Crippen molar-refractivity contribution in [3.05, 3.63) is 70.5 Å². The molecular weight excluding hydrogens is 450 g/mol. The molecule has 0 atom stereocenters. The van der Waals surface area contributed by atoms with Crippen LogP contribution in [0.4, 0.5) is 5.69 Å². The lowest BCUT2D eigenvalue weighted by molar-refractivity contribution is 0.102. The molecule has 0 radical (unpaired) electrons. The number of nitrogens with zero attached hydrogens (tertiary/aromatic N) is 3. The largest absolute Gasteiger partial charge is 0.322 e. The van der Waals surface area contributed by atoms with E-state index in [1.165, 1.54) is 12.1 Å². The average molecular weight is 472 g/mol. The van der Waals surface area contributed by atoms with Crippen molar-refractivity contribution < 1.29 is 13.2 Å². The zero-order valence-corrected chi connectivity index (χ0v) is 19.2. The Balaban J connectivity index is 1.49. The van der Waals surface area contributed by atoms with Gasteiger partial charge in [0, 0.05) is 24.2 Å². The molecule has 8 nitrogen and oxygen atoms in total. The lowest BCUT2D eigenvalue weighted by atomic mass is 10.2. The molecule has 0 aliphatic carbocycles. The number of carbonyl (C=O) groups excluding carboxylic acids is 1. The van der Waals surface area contributed by atoms with Gasteiger partial charge < -0.3 is 5.32 Å². The number of hydrogen-bond donors (Lipinski definition) is 2. The molecule has 166 valence electrons. The number of benzene rings is 2. The Morgan fingerprint density at radius 2 is 1.88 bits per heavy atom. The summed E-state index contributed by atoms with van der Waals surface area (Å²) in [6, 6.07) is 13.0. The highest BCUT2D eigenvalue weighted by Crippen LogP contribution is 2.23. The third kappa shape index (κ3) is 4.53. The van der Waals surface area contributed by atoms with Crippen molar-refractivity contribution in [2.24, 2.45) is 4.99 Å².